The van der Waals surface area contributed by atoms with E-state index in [9.17, 15) is 8.42 Å². The maximum atomic E-state index is 11.7. The van der Waals surface area contributed by atoms with Gasteiger partial charge in [0.05, 0.1) is 11.4 Å². The number of nitrogens with two attached hydrogens (primary N) is 1. The van der Waals surface area contributed by atoms with Crippen molar-refractivity contribution >= 4 is 16.0 Å². The SMILES string of the molecule is CCS(=O)(=O)N1CCC(c2ccnc(N)n2)C1. The monoisotopic (exact) mass is 256 g/mol. The predicted molar refractivity (Wildman–Crippen MR) is 64.8 cm³/mol. The largest absolute Gasteiger partial charge is 0.368 e. The number of hydrogen-bond acceptors (Lipinski definition) is 5. The Morgan fingerprint density at radius 2 is 2.35 bits per heavy atom. The second-order valence-electron chi connectivity index (χ2n) is 4.08. The van der Waals surface area contributed by atoms with E-state index in [1.54, 1.807) is 19.2 Å². The Hall–Kier alpha value is -1.21. The van der Waals surface area contributed by atoms with E-state index < -0.39 is 10.0 Å². The first-order valence-corrected chi connectivity index (χ1v) is 7.20. The number of nitrogens with zero attached hydrogens (tertiary/aromatic N) is 3. The molecule has 94 valence electrons. The molecule has 1 aromatic rings. The van der Waals surface area contributed by atoms with E-state index in [1.165, 1.54) is 4.31 Å². The summed E-state index contributed by atoms with van der Waals surface area (Å²) in [6.07, 6.45) is 2.39. The Labute approximate surface area is 101 Å². The van der Waals surface area contributed by atoms with Crippen LogP contribution in [0, 0.1) is 0 Å². The van der Waals surface area contributed by atoms with Crippen LogP contribution < -0.4 is 5.73 Å². The molecule has 0 aliphatic carbocycles. The summed E-state index contributed by atoms with van der Waals surface area (Å²) in [5.74, 6) is 0.506. The number of nitrogen functional groups attached to an aromatic ring is 1. The molecule has 1 aliphatic rings. The molecule has 0 aromatic carbocycles. The lowest BCUT2D eigenvalue weighted by Crippen LogP contribution is -2.30. The summed E-state index contributed by atoms with van der Waals surface area (Å²) in [6, 6.07) is 1.79. The van der Waals surface area contributed by atoms with Gasteiger partial charge >= 0.3 is 0 Å². The summed E-state index contributed by atoms with van der Waals surface area (Å²) in [6.45, 7) is 2.71. The zero-order valence-corrected chi connectivity index (χ0v) is 10.5. The van der Waals surface area contributed by atoms with Crippen LogP contribution in [0.4, 0.5) is 5.95 Å². The van der Waals surface area contributed by atoms with Crippen molar-refractivity contribution in [3.05, 3.63) is 18.0 Å². The van der Waals surface area contributed by atoms with Crippen LogP contribution in [0.1, 0.15) is 25.0 Å². The van der Waals surface area contributed by atoms with Crippen LogP contribution in [0.25, 0.3) is 0 Å². The smallest absolute Gasteiger partial charge is 0.220 e. The zero-order chi connectivity index (χ0) is 12.5. The Balaban J connectivity index is 2.13. The fourth-order valence-electron chi connectivity index (χ4n) is 2.02. The predicted octanol–water partition coefficient (Wildman–Crippen LogP) is 0.198. The van der Waals surface area contributed by atoms with Crippen molar-refractivity contribution in [1.29, 1.82) is 0 Å². The molecule has 1 saturated heterocycles. The number of hydrogen-bond donors (Lipinski definition) is 1. The molecule has 1 aliphatic heterocycles. The second-order valence-corrected chi connectivity index (χ2v) is 6.34. The Morgan fingerprint density at radius 3 is 3.00 bits per heavy atom. The Kier molecular flexibility index (Phi) is 3.30. The molecule has 17 heavy (non-hydrogen) atoms. The van der Waals surface area contributed by atoms with E-state index in [0.717, 1.165) is 12.1 Å². The molecule has 1 fully saturated rings. The van der Waals surface area contributed by atoms with Gasteiger partial charge in [-0.2, -0.15) is 0 Å². The molecule has 1 aromatic heterocycles. The minimum atomic E-state index is -3.09. The lowest BCUT2D eigenvalue weighted by Gasteiger charge is -2.14. The number of anilines is 1. The van der Waals surface area contributed by atoms with Crippen LogP contribution in [0.3, 0.4) is 0 Å². The molecule has 2 rings (SSSR count). The van der Waals surface area contributed by atoms with Gasteiger partial charge in [-0.25, -0.2) is 22.7 Å². The van der Waals surface area contributed by atoms with Gasteiger partial charge in [0, 0.05) is 25.2 Å². The molecule has 0 spiro atoms. The molecular formula is C10H16N4O2S. The number of rotatable bonds is 3. The first-order valence-electron chi connectivity index (χ1n) is 5.59. The lowest BCUT2D eigenvalue weighted by molar-refractivity contribution is 0.473. The summed E-state index contributed by atoms with van der Waals surface area (Å²) in [4.78, 5) is 7.97. The van der Waals surface area contributed by atoms with E-state index in [-0.39, 0.29) is 17.6 Å². The quantitative estimate of drug-likeness (QED) is 0.834. The summed E-state index contributed by atoms with van der Waals surface area (Å²) < 4.78 is 25.0. The number of aromatic nitrogens is 2. The van der Waals surface area contributed by atoms with Gasteiger partial charge in [-0.15, -0.1) is 0 Å². The zero-order valence-electron chi connectivity index (χ0n) is 9.70. The Morgan fingerprint density at radius 1 is 1.59 bits per heavy atom. The first-order chi connectivity index (χ1) is 8.03. The van der Waals surface area contributed by atoms with E-state index in [2.05, 4.69) is 9.97 Å². The van der Waals surface area contributed by atoms with Crippen molar-refractivity contribution in [3.63, 3.8) is 0 Å². The average molecular weight is 256 g/mol. The van der Waals surface area contributed by atoms with Crippen molar-refractivity contribution in [2.24, 2.45) is 0 Å². The molecule has 2 heterocycles. The van der Waals surface area contributed by atoms with E-state index in [4.69, 9.17) is 5.73 Å². The van der Waals surface area contributed by atoms with Crippen LogP contribution in [0.2, 0.25) is 0 Å². The third kappa shape index (κ3) is 2.55. The van der Waals surface area contributed by atoms with Gasteiger partial charge < -0.3 is 5.73 Å². The van der Waals surface area contributed by atoms with E-state index >= 15 is 0 Å². The van der Waals surface area contributed by atoms with Crippen LogP contribution in [0.15, 0.2) is 12.3 Å². The van der Waals surface area contributed by atoms with Gasteiger partial charge in [0.2, 0.25) is 16.0 Å². The highest BCUT2D eigenvalue weighted by atomic mass is 32.2. The topological polar surface area (TPSA) is 89.2 Å². The molecule has 6 nitrogen and oxygen atoms in total. The summed E-state index contributed by atoms with van der Waals surface area (Å²) in [5, 5.41) is 0. The van der Waals surface area contributed by atoms with Gasteiger partial charge in [0.1, 0.15) is 0 Å². The van der Waals surface area contributed by atoms with Crippen LogP contribution in [-0.4, -0.2) is 41.5 Å². The molecule has 1 atom stereocenters. The molecular weight excluding hydrogens is 240 g/mol. The molecule has 7 heteroatoms. The van der Waals surface area contributed by atoms with Crippen molar-refractivity contribution in [3.8, 4) is 0 Å². The molecule has 0 radical (unpaired) electrons. The summed E-state index contributed by atoms with van der Waals surface area (Å²) >= 11 is 0. The molecule has 1 unspecified atom stereocenters. The minimum absolute atomic E-state index is 0.127. The Bertz CT molecular complexity index is 503. The van der Waals surface area contributed by atoms with Gasteiger partial charge in [-0.05, 0) is 19.4 Å². The van der Waals surface area contributed by atoms with Crippen molar-refractivity contribution in [1.82, 2.24) is 14.3 Å². The van der Waals surface area contributed by atoms with Crippen molar-refractivity contribution in [2.75, 3.05) is 24.6 Å². The molecule has 0 amide bonds. The highest BCUT2D eigenvalue weighted by molar-refractivity contribution is 7.89. The first kappa shape index (κ1) is 12.3. The third-order valence-corrected chi connectivity index (χ3v) is 4.87. The molecule has 0 bridgehead atoms. The van der Waals surface area contributed by atoms with Gasteiger partial charge in [0.15, 0.2) is 0 Å². The van der Waals surface area contributed by atoms with Crippen molar-refractivity contribution < 1.29 is 8.42 Å². The minimum Gasteiger partial charge on any atom is -0.368 e. The summed E-state index contributed by atoms with van der Waals surface area (Å²) in [5.41, 5.74) is 6.34. The third-order valence-electron chi connectivity index (χ3n) is 3.02. The molecule has 0 saturated carbocycles. The fourth-order valence-corrected chi connectivity index (χ4v) is 3.18. The van der Waals surface area contributed by atoms with E-state index in [1.807, 2.05) is 0 Å². The normalized spacial score (nSPS) is 21.8. The van der Waals surface area contributed by atoms with E-state index in [0.29, 0.717) is 13.1 Å². The van der Waals surface area contributed by atoms with Gasteiger partial charge in [-0.1, -0.05) is 0 Å². The van der Waals surface area contributed by atoms with Crippen LogP contribution in [0.5, 0.6) is 0 Å². The van der Waals surface area contributed by atoms with Gasteiger partial charge in [0.25, 0.3) is 0 Å². The fraction of sp³-hybridized carbons (Fsp3) is 0.600. The lowest BCUT2D eigenvalue weighted by atomic mass is 10.1. The maximum Gasteiger partial charge on any atom is 0.220 e. The van der Waals surface area contributed by atoms with Crippen molar-refractivity contribution in [2.45, 2.75) is 19.3 Å². The van der Waals surface area contributed by atoms with Gasteiger partial charge in [-0.3, -0.25) is 0 Å². The highest BCUT2D eigenvalue weighted by Crippen LogP contribution is 2.27. The maximum absolute atomic E-state index is 11.7. The highest BCUT2D eigenvalue weighted by Gasteiger charge is 2.31. The number of sulfonamides is 1. The second kappa shape index (κ2) is 4.58. The molecule has 2 N–H and O–H groups in total. The summed E-state index contributed by atoms with van der Waals surface area (Å²) in [7, 11) is -3.09. The van der Waals surface area contributed by atoms with Crippen LogP contribution >= 0.6 is 0 Å². The van der Waals surface area contributed by atoms with Crippen LogP contribution in [-0.2, 0) is 10.0 Å². The standard InChI is InChI=1S/C10H16N4O2S/c1-2-17(15,16)14-6-4-8(7-14)9-3-5-12-10(11)13-9/h3,5,8H,2,4,6-7H2,1H3,(H2,11,12,13). The average Bonchev–Trinajstić information content (AvgIpc) is 2.79.